The van der Waals surface area contributed by atoms with Crippen molar-refractivity contribution in [3.8, 4) is 0 Å². The van der Waals surface area contributed by atoms with Crippen molar-refractivity contribution in [2.24, 2.45) is 0 Å². The van der Waals surface area contributed by atoms with E-state index in [-0.39, 0.29) is 0 Å². The Balaban J connectivity index is 3.26. The van der Waals surface area contributed by atoms with Crippen LogP contribution in [0.4, 0.5) is 0 Å². The summed E-state index contributed by atoms with van der Waals surface area (Å²) in [7, 11) is 1.80. The molecule has 1 aliphatic rings. The first-order chi connectivity index (χ1) is 7.34. The van der Waals surface area contributed by atoms with Gasteiger partial charge in [-0.1, -0.05) is 0 Å². The van der Waals surface area contributed by atoms with Crippen LogP contribution >= 0.6 is 0 Å². The second kappa shape index (κ2) is 3.72. The van der Waals surface area contributed by atoms with Crippen LogP contribution in [-0.4, -0.2) is 60.1 Å². The molecule has 8 heteroatoms. The van der Waals surface area contributed by atoms with Gasteiger partial charge in [-0.3, -0.25) is 0 Å². The molecule has 0 saturated carbocycles. The van der Waals surface area contributed by atoms with Gasteiger partial charge in [0, 0.05) is 0 Å². The monoisotopic (exact) mass is 234 g/mol. The van der Waals surface area contributed by atoms with E-state index < -0.39 is 35.7 Å². The SMILES string of the molecule is COC(=O)[C@@]1(O)C(=O)OC[C@@]1(O)C(=O)OC. The van der Waals surface area contributed by atoms with Crippen molar-refractivity contribution in [1.29, 1.82) is 0 Å². The number of esters is 3. The minimum atomic E-state index is -3.10. The lowest BCUT2D eigenvalue weighted by atomic mass is 9.85. The number of aliphatic hydroxyl groups is 2. The van der Waals surface area contributed by atoms with Crippen molar-refractivity contribution in [1.82, 2.24) is 0 Å². The third kappa shape index (κ3) is 1.27. The third-order valence-corrected chi connectivity index (χ3v) is 2.31. The Hall–Kier alpha value is -1.67. The quantitative estimate of drug-likeness (QED) is 0.302. The van der Waals surface area contributed by atoms with Gasteiger partial charge in [-0.15, -0.1) is 0 Å². The highest BCUT2D eigenvalue weighted by atomic mass is 16.6. The summed E-state index contributed by atoms with van der Waals surface area (Å²) in [5, 5.41) is 19.5. The molecule has 0 aromatic heterocycles. The minimum Gasteiger partial charge on any atom is -0.467 e. The molecule has 1 heterocycles. The molecule has 0 radical (unpaired) electrons. The Labute approximate surface area is 89.7 Å². The van der Waals surface area contributed by atoms with E-state index >= 15 is 0 Å². The average molecular weight is 234 g/mol. The van der Waals surface area contributed by atoms with Crippen LogP contribution < -0.4 is 0 Å². The first-order valence-electron chi connectivity index (χ1n) is 4.13. The van der Waals surface area contributed by atoms with Crippen molar-refractivity contribution in [2.75, 3.05) is 20.8 Å². The summed E-state index contributed by atoms with van der Waals surface area (Å²) in [6.45, 7) is -0.885. The second-order valence-corrected chi connectivity index (χ2v) is 3.13. The number of carbonyl (C=O) groups excluding carboxylic acids is 3. The molecule has 1 fully saturated rings. The zero-order valence-electron chi connectivity index (χ0n) is 8.55. The minimum absolute atomic E-state index is 0.879. The largest absolute Gasteiger partial charge is 0.467 e. The van der Waals surface area contributed by atoms with Crippen molar-refractivity contribution >= 4 is 17.9 Å². The van der Waals surface area contributed by atoms with Crippen LogP contribution in [0.25, 0.3) is 0 Å². The van der Waals surface area contributed by atoms with Gasteiger partial charge in [0.2, 0.25) is 5.60 Å². The lowest BCUT2D eigenvalue weighted by Gasteiger charge is -2.27. The Morgan fingerprint density at radius 3 is 2.19 bits per heavy atom. The fourth-order valence-electron chi connectivity index (χ4n) is 1.32. The highest BCUT2D eigenvalue weighted by Gasteiger charge is 2.72. The van der Waals surface area contributed by atoms with E-state index in [4.69, 9.17) is 0 Å². The summed E-state index contributed by atoms with van der Waals surface area (Å²) in [4.78, 5) is 33.7. The summed E-state index contributed by atoms with van der Waals surface area (Å²) in [5.74, 6) is -4.33. The lowest BCUT2D eigenvalue weighted by Crippen LogP contribution is -2.65. The van der Waals surface area contributed by atoms with Crippen LogP contribution in [0.3, 0.4) is 0 Å². The maximum absolute atomic E-state index is 11.2. The molecule has 0 unspecified atom stereocenters. The first kappa shape index (κ1) is 12.4. The van der Waals surface area contributed by atoms with Crippen LogP contribution in [0.1, 0.15) is 0 Å². The normalized spacial score (nSPS) is 33.1. The molecule has 8 nitrogen and oxygen atoms in total. The Morgan fingerprint density at radius 1 is 1.25 bits per heavy atom. The average Bonchev–Trinajstić information content (AvgIpc) is 2.53. The van der Waals surface area contributed by atoms with Gasteiger partial charge >= 0.3 is 23.5 Å². The summed E-state index contributed by atoms with van der Waals surface area (Å²) < 4.78 is 12.6. The number of rotatable bonds is 2. The molecule has 0 spiro atoms. The molecule has 90 valence electrons. The second-order valence-electron chi connectivity index (χ2n) is 3.13. The van der Waals surface area contributed by atoms with Gasteiger partial charge in [0.25, 0.3) is 0 Å². The highest BCUT2D eigenvalue weighted by molar-refractivity contribution is 6.11. The van der Waals surface area contributed by atoms with Crippen molar-refractivity contribution in [2.45, 2.75) is 11.2 Å². The van der Waals surface area contributed by atoms with Gasteiger partial charge in [-0.05, 0) is 0 Å². The van der Waals surface area contributed by atoms with Crippen molar-refractivity contribution in [3.05, 3.63) is 0 Å². The molecule has 0 aliphatic carbocycles. The number of hydrogen-bond donors (Lipinski definition) is 2. The van der Waals surface area contributed by atoms with E-state index in [1.807, 2.05) is 0 Å². The Morgan fingerprint density at radius 2 is 1.75 bits per heavy atom. The van der Waals surface area contributed by atoms with E-state index in [1.54, 1.807) is 0 Å². The first-order valence-corrected chi connectivity index (χ1v) is 4.13. The van der Waals surface area contributed by atoms with E-state index in [9.17, 15) is 24.6 Å². The number of carbonyl (C=O) groups is 3. The Bertz CT molecular complexity index is 350. The van der Waals surface area contributed by atoms with Gasteiger partial charge in [0.1, 0.15) is 6.61 Å². The summed E-state index contributed by atoms with van der Waals surface area (Å²) in [5.41, 5.74) is -5.90. The maximum atomic E-state index is 11.2. The number of ether oxygens (including phenoxy) is 3. The zero-order chi connectivity index (χ0) is 12.6. The smallest absolute Gasteiger partial charge is 0.354 e. The van der Waals surface area contributed by atoms with Gasteiger partial charge in [0.05, 0.1) is 14.2 Å². The molecular formula is C8H10O8. The van der Waals surface area contributed by atoms with Crippen LogP contribution in [-0.2, 0) is 28.6 Å². The third-order valence-electron chi connectivity index (χ3n) is 2.31. The van der Waals surface area contributed by atoms with Crippen molar-refractivity contribution in [3.63, 3.8) is 0 Å². The fraction of sp³-hybridized carbons (Fsp3) is 0.625. The fourth-order valence-corrected chi connectivity index (χ4v) is 1.32. The topological polar surface area (TPSA) is 119 Å². The van der Waals surface area contributed by atoms with Crippen LogP contribution in [0.5, 0.6) is 0 Å². The molecule has 0 aromatic carbocycles. The molecule has 2 atom stereocenters. The van der Waals surface area contributed by atoms with E-state index in [1.165, 1.54) is 0 Å². The lowest BCUT2D eigenvalue weighted by molar-refractivity contribution is -0.201. The summed E-state index contributed by atoms with van der Waals surface area (Å²) >= 11 is 0. The van der Waals surface area contributed by atoms with Crippen LogP contribution in [0.2, 0.25) is 0 Å². The van der Waals surface area contributed by atoms with Crippen molar-refractivity contribution < 1.29 is 38.8 Å². The van der Waals surface area contributed by atoms with Gasteiger partial charge < -0.3 is 24.4 Å². The van der Waals surface area contributed by atoms with Gasteiger partial charge in [0.15, 0.2) is 0 Å². The molecule has 0 bridgehead atoms. The molecular weight excluding hydrogens is 224 g/mol. The zero-order valence-corrected chi connectivity index (χ0v) is 8.55. The molecule has 1 saturated heterocycles. The molecule has 16 heavy (non-hydrogen) atoms. The highest BCUT2D eigenvalue weighted by Crippen LogP contribution is 2.33. The number of hydrogen-bond acceptors (Lipinski definition) is 8. The molecule has 1 aliphatic heterocycles. The van der Waals surface area contributed by atoms with E-state index in [2.05, 4.69) is 14.2 Å². The molecule has 0 aromatic rings. The van der Waals surface area contributed by atoms with E-state index in [0.29, 0.717) is 0 Å². The maximum Gasteiger partial charge on any atom is 0.354 e. The van der Waals surface area contributed by atoms with E-state index in [0.717, 1.165) is 14.2 Å². The predicted octanol–water partition coefficient (Wildman–Crippen LogP) is -2.65. The Kier molecular flexibility index (Phi) is 2.89. The summed E-state index contributed by atoms with van der Waals surface area (Å²) in [6.07, 6.45) is 0. The van der Waals surface area contributed by atoms with Crippen LogP contribution in [0.15, 0.2) is 0 Å². The van der Waals surface area contributed by atoms with Gasteiger partial charge in [-0.2, -0.15) is 0 Å². The van der Waals surface area contributed by atoms with Crippen LogP contribution in [0, 0.1) is 0 Å². The summed E-state index contributed by atoms with van der Waals surface area (Å²) in [6, 6.07) is 0. The predicted molar refractivity (Wildman–Crippen MR) is 44.9 cm³/mol. The molecule has 0 amide bonds. The standard InChI is InChI=1S/C8H10O8/c1-14-4(9)7(12)3-16-6(11)8(7,13)5(10)15-2/h12-13H,3H2,1-2H3/t7-,8-/m1/s1. The van der Waals surface area contributed by atoms with Gasteiger partial charge in [-0.25, -0.2) is 14.4 Å². The number of methoxy groups -OCH3 is 2. The molecule has 1 rings (SSSR count). The molecule has 2 N–H and O–H groups in total. The number of cyclic esters (lactones) is 1.